The minimum Gasteiger partial charge on any atom is -0.497 e. The number of hydrogen-bond donors (Lipinski definition) is 1. The molecule has 6 nitrogen and oxygen atoms in total. The summed E-state index contributed by atoms with van der Waals surface area (Å²) in [7, 11) is 1.60. The molecule has 1 atom stereocenters. The SMILES string of the molecule is COc1cccc(C2=CC(c3c(F)cccc3Cl)n3nnnc3N2)c1. The molecule has 0 aliphatic carbocycles. The summed E-state index contributed by atoms with van der Waals surface area (Å²) in [5.74, 6) is 0.706. The number of hydrogen-bond acceptors (Lipinski definition) is 5. The van der Waals surface area contributed by atoms with Crippen molar-refractivity contribution in [3.05, 3.63) is 70.5 Å². The predicted octanol–water partition coefficient (Wildman–Crippen LogP) is 3.53. The molecule has 1 N–H and O–H groups in total. The Kier molecular flexibility index (Phi) is 3.85. The van der Waals surface area contributed by atoms with Crippen molar-refractivity contribution in [1.82, 2.24) is 20.2 Å². The van der Waals surface area contributed by atoms with Crippen LogP contribution < -0.4 is 10.1 Å². The van der Waals surface area contributed by atoms with Crippen molar-refractivity contribution in [1.29, 1.82) is 0 Å². The zero-order valence-corrected chi connectivity index (χ0v) is 13.9. The van der Waals surface area contributed by atoms with Gasteiger partial charge < -0.3 is 10.1 Å². The summed E-state index contributed by atoms with van der Waals surface area (Å²) >= 11 is 6.25. The van der Waals surface area contributed by atoms with Crippen LogP contribution in [0.5, 0.6) is 5.75 Å². The van der Waals surface area contributed by atoms with Crippen molar-refractivity contribution in [2.75, 3.05) is 12.4 Å². The van der Waals surface area contributed by atoms with Crippen molar-refractivity contribution >= 4 is 23.2 Å². The Morgan fingerprint density at radius 1 is 1.24 bits per heavy atom. The van der Waals surface area contributed by atoms with Crippen molar-refractivity contribution in [3.63, 3.8) is 0 Å². The van der Waals surface area contributed by atoms with E-state index >= 15 is 0 Å². The molecular formula is C17H13ClFN5O. The summed E-state index contributed by atoms with van der Waals surface area (Å²) in [4.78, 5) is 0. The van der Waals surface area contributed by atoms with E-state index in [1.165, 1.54) is 10.7 Å². The third-order valence-corrected chi connectivity index (χ3v) is 4.33. The maximum Gasteiger partial charge on any atom is 0.248 e. The Morgan fingerprint density at radius 2 is 2.08 bits per heavy atom. The van der Waals surface area contributed by atoms with E-state index in [4.69, 9.17) is 16.3 Å². The van der Waals surface area contributed by atoms with Crippen LogP contribution in [-0.4, -0.2) is 27.3 Å². The van der Waals surface area contributed by atoms with E-state index in [-0.39, 0.29) is 0 Å². The number of ether oxygens (including phenoxy) is 1. The second kappa shape index (κ2) is 6.18. The molecule has 4 rings (SSSR count). The Bertz CT molecular complexity index is 951. The molecule has 0 spiro atoms. The highest BCUT2D eigenvalue weighted by atomic mass is 35.5. The first-order chi connectivity index (χ1) is 12.2. The van der Waals surface area contributed by atoms with Gasteiger partial charge in [0.25, 0.3) is 0 Å². The van der Waals surface area contributed by atoms with Gasteiger partial charge in [0.2, 0.25) is 5.95 Å². The molecule has 0 bridgehead atoms. The van der Waals surface area contributed by atoms with Crippen LogP contribution in [0.15, 0.2) is 48.5 Å². The third-order valence-electron chi connectivity index (χ3n) is 4.00. The largest absolute Gasteiger partial charge is 0.497 e. The Hall–Kier alpha value is -2.93. The van der Waals surface area contributed by atoms with Crippen LogP contribution in [0.4, 0.5) is 10.3 Å². The summed E-state index contributed by atoms with van der Waals surface area (Å²) in [5, 5.41) is 15.1. The van der Waals surface area contributed by atoms with Gasteiger partial charge in [0.1, 0.15) is 17.6 Å². The number of nitrogens with zero attached hydrogens (tertiary/aromatic N) is 4. The molecule has 2 heterocycles. The molecule has 25 heavy (non-hydrogen) atoms. The summed E-state index contributed by atoms with van der Waals surface area (Å²) < 4.78 is 21.2. The molecule has 1 unspecified atom stereocenters. The van der Waals surface area contributed by atoms with E-state index in [0.717, 1.165) is 11.3 Å². The van der Waals surface area contributed by atoms with E-state index in [1.807, 2.05) is 30.3 Å². The first-order valence-electron chi connectivity index (χ1n) is 7.52. The number of aromatic nitrogens is 4. The molecule has 0 radical (unpaired) electrons. The number of fused-ring (bicyclic) bond motifs is 1. The van der Waals surface area contributed by atoms with Gasteiger partial charge in [-0.2, -0.15) is 4.68 Å². The van der Waals surface area contributed by atoms with Crippen molar-refractivity contribution < 1.29 is 9.13 Å². The molecule has 0 saturated carbocycles. The van der Waals surface area contributed by atoms with Crippen molar-refractivity contribution in [2.24, 2.45) is 0 Å². The second-order valence-electron chi connectivity index (χ2n) is 5.46. The lowest BCUT2D eigenvalue weighted by atomic mass is 10.0. The monoisotopic (exact) mass is 357 g/mol. The maximum absolute atomic E-state index is 14.4. The molecule has 0 amide bonds. The summed E-state index contributed by atoms with van der Waals surface area (Å²) in [6.07, 6.45) is 1.84. The molecule has 1 aromatic heterocycles. The summed E-state index contributed by atoms with van der Waals surface area (Å²) in [6.45, 7) is 0. The molecule has 0 saturated heterocycles. The van der Waals surface area contributed by atoms with Crippen LogP contribution in [0.1, 0.15) is 17.2 Å². The zero-order valence-electron chi connectivity index (χ0n) is 13.1. The highest BCUT2D eigenvalue weighted by Gasteiger charge is 2.28. The number of halogens is 2. The third kappa shape index (κ3) is 2.72. The first kappa shape index (κ1) is 15.6. The number of tetrazole rings is 1. The van der Waals surface area contributed by atoms with Gasteiger partial charge in [0.15, 0.2) is 0 Å². The van der Waals surface area contributed by atoms with Crippen LogP contribution in [0.25, 0.3) is 5.70 Å². The van der Waals surface area contributed by atoms with Gasteiger partial charge in [-0.15, -0.1) is 0 Å². The van der Waals surface area contributed by atoms with Gasteiger partial charge in [-0.1, -0.05) is 34.9 Å². The topological polar surface area (TPSA) is 64.9 Å². The van der Waals surface area contributed by atoms with E-state index in [0.29, 0.717) is 22.3 Å². The molecule has 2 aromatic carbocycles. The van der Waals surface area contributed by atoms with E-state index < -0.39 is 11.9 Å². The minimum atomic E-state index is -0.568. The molecule has 1 aliphatic heterocycles. The average molecular weight is 358 g/mol. The van der Waals surface area contributed by atoms with Gasteiger partial charge in [-0.05, 0) is 40.8 Å². The Balaban J connectivity index is 1.86. The standard InChI is InChI=1S/C17H13ClFN5O/c1-25-11-5-2-4-10(8-11)14-9-15(24-17(20-14)21-22-23-24)16-12(18)6-3-7-13(16)19/h2-9,15H,1H3,(H,20,21,23). The van der Waals surface area contributed by atoms with Gasteiger partial charge in [-0.25, -0.2) is 4.39 Å². The maximum atomic E-state index is 14.4. The first-order valence-corrected chi connectivity index (χ1v) is 7.90. The number of anilines is 1. The van der Waals surface area contributed by atoms with Crippen molar-refractivity contribution in [3.8, 4) is 5.75 Å². The number of benzene rings is 2. The van der Waals surface area contributed by atoms with Crippen LogP contribution in [-0.2, 0) is 0 Å². The molecule has 126 valence electrons. The molecule has 3 aromatic rings. The minimum absolute atomic E-state index is 0.314. The van der Waals surface area contributed by atoms with E-state index in [1.54, 1.807) is 19.2 Å². The van der Waals surface area contributed by atoms with Crippen LogP contribution >= 0.6 is 11.6 Å². The molecule has 0 fully saturated rings. The fourth-order valence-corrected chi connectivity index (χ4v) is 3.09. The normalized spacial score (nSPS) is 16.0. The predicted molar refractivity (Wildman–Crippen MR) is 92.0 cm³/mol. The number of allylic oxidation sites excluding steroid dienone is 1. The fourth-order valence-electron chi connectivity index (χ4n) is 2.81. The lowest BCUT2D eigenvalue weighted by Gasteiger charge is -2.24. The fraction of sp³-hybridized carbons (Fsp3) is 0.118. The number of nitrogens with one attached hydrogen (secondary N) is 1. The van der Waals surface area contributed by atoms with Gasteiger partial charge in [-0.3, -0.25) is 0 Å². The van der Waals surface area contributed by atoms with Crippen LogP contribution in [0.3, 0.4) is 0 Å². The lowest BCUT2D eigenvalue weighted by Crippen LogP contribution is -2.21. The highest BCUT2D eigenvalue weighted by Crippen LogP contribution is 2.36. The highest BCUT2D eigenvalue weighted by molar-refractivity contribution is 6.31. The molecular weight excluding hydrogens is 345 g/mol. The van der Waals surface area contributed by atoms with Gasteiger partial charge >= 0.3 is 0 Å². The smallest absolute Gasteiger partial charge is 0.248 e. The van der Waals surface area contributed by atoms with Gasteiger partial charge in [0.05, 0.1) is 7.11 Å². The lowest BCUT2D eigenvalue weighted by molar-refractivity contribution is 0.414. The van der Waals surface area contributed by atoms with Crippen LogP contribution in [0.2, 0.25) is 5.02 Å². The quantitative estimate of drug-likeness (QED) is 0.776. The van der Waals surface area contributed by atoms with E-state index in [2.05, 4.69) is 20.8 Å². The summed E-state index contributed by atoms with van der Waals surface area (Å²) in [6, 6.07) is 11.5. The molecule has 1 aliphatic rings. The summed E-state index contributed by atoms with van der Waals surface area (Å²) in [5.41, 5.74) is 1.93. The second-order valence-corrected chi connectivity index (χ2v) is 5.87. The average Bonchev–Trinajstić information content (AvgIpc) is 3.10. The van der Waals surface area contributed by atoms with Gasteiger partial charge in [0, 0.05) is 21.8 Å². The Labute approximate surface area is 147 Å². The van der Waals surface area contributed by atoms with E-state index in [9.17, 15) is 4.39 Å². The molecule has 8 heteroatoms. The number of rotatable bonds is 3. The Morgan fingerprint density at radius 3 is 2.88 bits per heavy atom. The van der Waals surface area contributed by atoms with Crippen LogP contribution in [0, 0.1) is 5.82 Å². The number of methoxy groups -OCH3 is 1. The van der Waals surface area contributed by atoms with Crippen molar-refractivity contribution in [2.45, 2.75) is 6.04 Å². The zero-order chi connectivity index (χ0) is 17.4.